The van der Waals surface area contributed by atoms with E-state index >= 15 is 0 Å². The minimum Gasteiger partial charge on any atom is -0.466 e. The molecule has 0 aliphatic rings. The predicted octanol–water partition coefficient (Wildman–Crippen LogP) is 2.96. The van der Waals surface area contributed by atoms with E-state index in [1.165, 1.54) is 0 Å². The molecule has 0 saturated heterocycles. The van der Waals surface area contributed by atoms with Gasteiger partial charge in [-0.15, -0.1) is 0 Å². The van der Waals surface area contributed by atoms with Crippen LogP contribution in [0.1, 0.15) is 61.4 Å². The Morgan fingerprint density at radius 3 is 2.32 bits per heavy atom. The van der Waals surface area contributed by atoms with Crippen molar-refractivity contribution in [3.63, 3.8) is 0 Å². The number of aryl methyl sites for hydroxylation is 2. The standard InChI is InChI=1S/C15H25NO3/c1-5-7-15(18,8-6-2)10-16-14(17)13-9-11(3)19-12(13)4/h9,18H,5-8,10H2,1-4H3,(H,16,17). The third-order valence-electron chi connectivity index (χ3n) is 3.29. The first-order valence-electron chi connectivity index (χ1n) is 6.99. The zero-order valence-corrected chi connectivity index (χ0v) is 12.4. The Hall–Kier alpha value is -1.29. The third kappa shape index (κ3) is 4.39. The van der Waals surface area contributed by atoms with Crippen LogP contribution in [0.2, 0.25) is 0 Å². The van der Waals surface area contributed by atoms with Crippen LogP contribution in [-0.2, 0) is 0 Å². The first-order valence-corrected chi connectivity index (χ1v) is 6.99. The highest BCUT2D eigenvalue weighted by molar-refractivity contribution is 5.95. The monoisotopic (exact) mass is 267 g/mol. The molecule has 0 bridgehead atoms. The van der Waals surface area contributed by atoms with Crippen molar-refractivity contribution in [2.24, 2.45) is 0 Å². The lowest BCUT2D eigenvalue weighted by molar-refractivity contribution is 0.0213. The minimum atomic E-state index is -0.800. The number of furan rings is 1. The summed E-state index contributed by atoms with van der Waals surface area (Å²) in [6, 6.07) is 1.73. The first-order chi connectivity index (χ1) is 8.91. The minimum absolute atomic E-state index is 0.181. The summed E-state index contributed by atoms with van der Waals surface area (Å²) in [5, 5.41) is 13.3. The van der Waals surface area contributed by atoms with Crippen LogP contribution in [0, 0.1) is 13.8 Å². The van der Waals surface area contributed by atoms with Crippen molar-refractivity contribution in [1.29, 1.82) is 0 Å². The van der Waals surface area contributed by atoms with E-state index in [1.54, 1.807) is 13.0 Å². The molecule has 1 aromatic heterocycles. The zero-order chi connectivity index (χ0) is 14.5. The van der Waals surface area contributed by atoms with Crippen LogP contribution in [0.5, 0.6) is 0 Å². The van der Waals surface area contributed by atoms with Crippen LogP contribution in [0.15, 0.2) is 10.5 Å². The number of aliphatic hydroxyl groups is 1. The number of nitrogens with one attached hydrogen (secondary N) is 1. The van der Waals surface area contributed by atoms with Crippen LogP contribution in [0.4, 0.5) is 0 Å². The topological polar surface area (TPSA) is 62.5 Å². The maximum Gasteiger partial charge on any atom is 0.254 e. The van der Waals surface area contributed by atoms with Gasteiger partial charge in [0.2, 0.25) is 0 Å². The van der Waals surface area contributed by atoms with Gasteiger partial charge in [0, 0.05) is 6.54 Å². The van der Waals surface area contributed by atoms with E-state index in [4.69, 9.17) is 4.42 Å². The maximum absolute atomic E-state index is 12.1. The number of hydrogen-bond donors (Lipinski definition) is 2. The lowest BCUT2D eigenvalue weighted by atomic mass is 9.92. The summed E-state index contributed by atoms with van der Waals surface area (Å²) >= 11 is 0. The average molecular weight is 267 g/mol. The van der Waals surface area contributed by atoms with Crippen LogP contribution < -0.4 is 5.32 Å². The van der Waals surface area contributed by atoms with E-state index in [2.05, 4.69) is 5.32 Å². The van der Waals surface area contributed by atoms with E-state index < -0.39 is 5.60 Å². The Morgan fingerprint density at radius 2 is 1.89 bits per heavy atom. The summed E-state index contributed by atoms with van der Waals surface area (Å²) in [5.41, 5.74) is -0.251. The van der Waals surface area contributed by atoms with E-state index in [9.17, 15) is 9.90 Å². The summed E-state index contributed by atoms with van der Waals surface area (Å²) in [6.45, 7) is 7.94. The lowest BCUT2D eigenvalue weighted by Crippen LogP contribution is -2.42. The Morgan fingerprint density at radius 1 is 1.32 bits per heavy atom. The molecule has 0 fully saturated rings. The molecule has 1 aromatic rings. The summed E-state index contributed by atoms with van der Waals surface area (Å²) in [5.74, 6) is 1.16. The Kier molecular flexibility index (Phi) is 5.60. The fourth-order valence-corrected chi connectivity index (χ4v) is 2.43. The van der Waals surface area contributed by atoms with Crippen molar-refractivity contribution < 1.29 is 14.3 Å². The van der Waals surface area contributed by atoms with Gasteiger partial charge in [0.15, 0.2) is 0 Å². The van der Waals surface area contributed by atoms with Crippen LogP contribution in [-0.4, -0.2) is 23.2 Å². The fraction of sp³-hybridized carbons (Fsp3) is 0.667. The summed E-state index contributed by atoms with van der Waals surface area (Å²) in [4.78, 5) is 12.1. The quantitative estimate of drug-likeness (QED) is 0.798. The average Bonchev–Trinajstić information content (AvgIpc) is 2.66. The molecule has 0 unspecified atom stereocenters. The Labute approximate surface area is 115 Å². The van der Waals surface area contributed by atoms with Crippen molar-refractivity contribution in [2.45, 2.75) is 59.0 Å². The Balaban J connectivity index is 2.64. The van der Waals surface area contributed by atoms with Gasteiger partial charge < -0.3 is 14.8 Å². The second-order valence-corrected chi connectivity index (χ2v) is 5.23. The van der Waals surface area contributed by atoms with Gasteiger partial charge in [-0.05, 0) is 32.8 Å². The molecule has 0 spiro atoms. The third-order valence-corrected chi connectivity index (χ3v) is 3.29. The Bertz CT molecular complexity index is 417. The van der Waals surface area contributed by atoms with Gasteiger partial charge in [0.05, 0.1) is 11.2 Å². The molecule has 0 aromatic carbocycles. The number of carbonyl (C=O) groups is 1. The summed E-state index contributed by atoms with van der Waals surface area (Å²) < 4.78 is 5.34. The number of carbonyl (C=O) groups excluding carboxylic acids is 1. The van der Waals surface area contributed by atoms with E-state index in [1.807, 2.05) is 20.8 Å². The second kappa shape index (κ2) is 6.75. The fourth-order valence-electron chi connectivity index (χ4n) is 2.43. The molecule has 108 valence electrons. The first kappa shape index (κ1) is 15.8. The van der Waals surface area contributed by atoms with Gasteiger partial charge in [0.1, 0.15) is 11.5 Å². The van der Waals surface area contributed by atoms with Crippen LogP contribution >= 0.6 is 0 Å². The van der Waals surface area contributed by atoms with Crippen LogP contribution in [0.25, 0.3) is 0 Å². The highest BCUT2D eigenvalue weighted by atomic mass is 16.3. The SMILES string of the molecule is CCCC(O)(CCC)CNC(=O)c1cc(C)oc1C. The molecular formula is C15H25NO3. The van der Waals surface area contributed by atoms with E-state index in [0.717, 1.165) is 18.6 Å². The largest absolute Gasteiger partial charge is 0.466 e. The molecular weight excluding hydrogens is 242 g/mol. The van der Waals surface area contributed by atoms with Crippen molar-refractivity contribution in [3.8, 4) is 0 Å². The molecule has 0 aliphatic heterocycles. The smallest absolute Gasteiger partial charge is 0.254 e. The van der Waals surface area contributed by atoms with Gasteiger partial charge in [0.25, 0.3) is 5.91 Å². The van der Waals surface area contributed by atoms with Gasteiger partial charge in [-0.25, -0.2) is 0 Å². The van der Waals surface area contributed by atoms with E-state index in [-0.39, 0.29) is 12.5 Å². The molecule has 19 heavy (non-hydrogen) atoms. The van der Waals surface area contributed by atoms with Crippen molar-refractivity contribution in [3.05, 3.63) is 23.2 Å². The number of amides is 1. The molecule has 0 radical (unpaired) electrons. The van der Waals surface area contributed by atoms with Gasteiger partial charge in [-0.3, -0.25) is 4.79 Å². The summed E-state index contributed by atoms with van der Waals surface area (Å²) in [7, 11) is 0. The number of rotatable bonds is 7. The molecule has 4 heteroatoms. The molecule has 0 aliphatic carbocycles. The van der Waals surface area contributed by atoms with Crippen molar-refractivity contribution >= 4 is 5.91 Å². The van der Waals surface area contributed by atoms with Crippen molar-refractivity contribution in [2.75, 3.05) is 6.54 Å². The molecule has 1 amide bonds. The number of hydrogen-bond acceptors (Lipinski definition) is 3. The molecule has 1 heterocycles. The predicted molar refractivity (Wildman–Crippen MR) is 75.3 cm³/mol. The second-order valence-electron chi connectivity index (χ2n) is 5.23. The molecule has 4 nitrogen and oxygen atoms in total. The molecule has 1 rings (SSSR count). The molecule has 0 atom stereocenters. The van der Waals surface area contributed by atoms with Crippen LogP contribution in [0.3, 0.4) is 0 Å². The highest BCUT2D eigenvalue weighted by Crippen LogP contribution is 2.19. The summed E-state index contributed by atoms with van der Waals surface area (Å²) in [6.07, 6.45) is 3.20. The van der Waals surface area contributed by atoms with Gasteiger partial charge >= 0.3 is 0 Å². The zero-order valence-electron chi connectivity index (χ0n) is 12.4. The normalized spacial score (nSPS) is 11.6. The molecule has 2 N–H and O–H groups in total. The van der Waals surface area contributed by atoms with Crippen molar-refractivity contribution in [1.82, 2.24) is 5.32 Å². The highest BCUT2D eigenvalue weighted by Gasteiger charge is 2.26. The lowest BCUT2D eigenvalue weighted by Gasteiger charge is -2.27. The van der Waals surface area contributed by atoms with Gasteiger partial charge in [-0.1, -0.05) is 26.7 Å². The van der Waals surface area contributed by atoms with Gasteiger partial charge in [-0.2, -0.15) is 0 Å². The maximum atomic E-state index is 12.1. The van der Waals surface area contributed by atoms with E-state index in [0.29, 0.717) is 24.2 Å². The molecule has 0 saturated carbocycles.